The first kappa shape index (κ1) is 38.6. The molecule has 9 aromatic carbocycles. The number of benzene rings is 9. The average Bonchev–Trinajstić information content (AvgIpc) is 4.06. The fraction of sp³-hybridized carbons (Fsp3) is 0. The van der Waals surface area contributed by atoms with E-state index in [4.69, 9.17) is 29.9 Å². The van der Waals surface area contributed by atoms with Gasteiger partial charge in [-0.1, -0.05) is 164 Å². The summed E-state index contributed by atoms with van der Waals surface area (Å²) in [5.41, 5.74) is 10.7. The van der Waals surface area contributed by atoms with Gasteiger partial charge in [0, 0.05) is 60.3 Å². The Hall–Kier alpha value is -9.60. The quantitative estimate of drug-likeness (QED) is 0.158. The Morgan fingerprint density at radius 2 is 0.565 bits per heavy atom. The lowest BCUT2D eigenvalue weighted by molar-refractivity contribution is 0.952. The first-order chi connectivity index (χ1) is 34.2. The molecular weight excluding hydrogens is 847 g/mol. The van der Waals surface area contributed by atoms with Crippen LogP contribution in [0.4, 0.5) is 0 Å². The monoisotopic (exact) mass is 883 g/mol. The molecule has 0 aliphatic rings. The van der Waals surface area contributed by atoms with Gasteiger partial charge in [0.05, 0.1) is 33.1 Å². The minimum atomic E-state index is 0.511. The molecule has 0 N–H and O–H groups in total. The highest BCUT2D eigenvalue weighted by Gasteiger charge is 2.23. The van der Waals surface area contributed by atoms with Gasteiger partial charge in [-0.25, -0.2) is 9.97 Å². The van der Waals surface area contributed by atoms with Gasteiger partial charge in [-0.05, 0) is 60.7 Å². The maximum atomic E-state index is 5.34. The van der Waals surface area contributed by atoms with Gasteiger partial charge in [-0.3, -0.25) is 9.13 Å². The molecule has 14 rings (SSSR count). The molecule has 322 valence electrons. The molecule has 5 aromatic heterocycles. The van der Waals surface area contributed by atoms with Crippen LogP contribution in [0.3, 0.4) is 0 Å². The summed E-state index contributed by atoms with van der Waals surface area (Å²) in [5.74, 6) is 3.37. The van der Waals surface area contributed by atoms with Crippen molar-refractivity contribution in [3.8, 4) is 63.1 Å². The van der Waals surface area contributed by atoms with Gasteiger partial charge in [-0.15, -0.1) is 0 Å². The second-order valence-corrected chi connectivity index (χ2v) is 17.2. The number of hydrogen-bond donors (Lipinski definition) is 0. The van der Waals surface area contributed by atoms with E-state index in [1.807, 2.05) is 91.0 Å². The number of para-hydroxylation sites is 4. The molecule has 9 heteroatoms. The van der Waals surface area contributed by atoms with Crippen molar-refractivity contribution in [2.45, 2.75) is 0 Å². The summed E-state index contributed by atoms with van der Waals surface area (Å²) in [4.78, 5) is 31.4. The molecule has 0 atom stereocenters. The summed E-state index contributed by atoms with van der Waals surface area (Å²) in [6.45, 7) is 0. The molecular formula is C60H37N9. The maximum absolute atomic E-state index is 5.34. The average molecular weight is 884 g/mol. The highest BCUT2D eigenvalue weighted by molar-refractivity contribution is 6.19. The zero-order valence-corrected chi connectivity index (χ0v) is 36.9. The smallest absolute Gasteiger partial charge is 0.238 e. The summed E-state index contributed by atoms with van der Waals surface area (Å²) in [6, 6.07) is 77.5. The van der Waals surface area contributed by atoms with Crippen molar-refractivity contribution in [1.29, 1.82) is 0 Å². The first-order valence-electron chi connectivity index (χ1n) is 23.0. The minimum Gasteiger partial charge on any atom is -0.309 e. The zero-order valence-electron chi connectivity index (χ0n) is 36.9. The second-order valence-electron chi connectivity index (χ2n) is 17.2. The van der Waals surface area contributed by atoms with E-state index in [-0.39, 0.29) is 0 Å². The van der Waals surface area contributed by atoms with Gasteiger partial charge in [-0.2, -0.15) is 19.9 Å². The summed E-state index contributed by atoms with van der Waals surface area (Å²) in [6.07, 6.45) is 0. The predicted octanol–water partition coefficient (Wildman–Crippen LogP) is 14.0. The highest BCUT2D eigenvalue weighted by atomic mass is 15.2. The van der Waals surface area contributed by atoms with Crippen molar-refractivity contribution in [2.24, 2.45) is 0 Å². The van der Waals surface area contributed by atoms with Crippen LogP contribution >= 0.6 is 0 Å². The van der Waals surface area contributed by atoms with E-state index in [2.05, 4.69) is 147 Å². The molecule has 0 amide bonds. The van der Waals surface area contributed by atoms with Crippen LogP contribution in [-0.2, 0) is 0 Å². The normalized spacial score (nSPS) is 11.8. The number of aromatic nitrogens is 9. The van der Waals surface area contributed by atoms with Crippen LogP contribution in [0, 0.1) is 0 Å². The molecule has 0 aliphatic carbocycles. The number of nitrogens with zero attached hydrogens (tertiary/aromatic N) is 9. The van der Waals surface area contributed by atoms with Crippen LogP contribution in [0.5, 0.6) is 0 Å². The van der Waals surface area contributed by atoms with E-state index >= 15 is 0 Å². The third-order valence-electron chi connectivity index (χ3n) is 13.2. The van der Waals surface area contributed by atoms with E-state index in [9.17, 15) is 0 Å². The Balaban J connectivity index is 1.07. The molecule has 69 heavy (non-hydrogen) atoms. The van der Waals surface area contributed by atoms with E-state index in [1.54, 1.807) is 0 Å². The van der Waals surface area contributed by atoms with Crippen LogP contribution in [0.1, 0.15) is 0 Å². The van der Waals surface area contributed by atoms with E-state index < -0.39 is 0 Å². The van der Waals surface area contributed by atoms with Crippen molar-refractivity contribution in [3.05, 3.63) is 224 Å². The number of fused-ring (bicyclic) bond motifs is 9. The lowest BCUT2D eigenvalue weighted by Gasteiger charge is -2.12. The molecule has 0 aliphatic heterocycles. The van der Waals surface area contributed by atoms with Crippen molar-refractivity contribution in [3.63, 3.8) is 0 Å². The molecule has 9 nitrogen and oxygen atoms in total. The molecule has 5 heterocycles. The van der Waals surface area contributed by atoms with Gasteiger partial charge in [0.25, 0.3) is 0 Å². The Morgan fingerprint density at radius 1 is 0.217 bits per heavy atom. The van der Waals surface area contributed by atoms with Crippen LogP contribution in [-0.4, -0.2) is 43.6 Å². The van der Waals surface area contributed by atoms with E-state index in [0.29, 0.717) is 35.2 Å². The second kappa shape index (κ2) is 15.5. The van der Waals surface area contributed by atoms with Crippen LogP contribution in [0.2, 0.25) is 0 Å². The van der Waals surface area contributed by atoms with Gasteiger partial charge in [0.15, 0.2) is 23.3 Å². The van der Waals surface area contributed by atoms with Crippen molar-refractivity contribution in [2.75, 3.05) is 0 Å². The lowest BCUT2D eigenvalue weighted by Crippen LogP contribution is -2.07. The summed E-state index contributed by atoms with van der Waals surface area (Å²) in [7, 11) is 0. The molecule has 14 aromatic rings. The lowest BCUT2D eigenvalue weighted by atomic mass is 10.1. The SMILES string of the molecule is c1ccc(-c2nc(-c3ccc4c(c3)c3cc5c6ccccc6n(-c6ccccc6)c5cc3n4-c3nc(-c4ccccc4)nc(-c4ccccc4)n3)nc(-n3c4ccccc4c4ccccc43)n2)cc1. The molecule has 0 unspecified atom stereocenters. The zero-order chi connectivity index (χ0) is 45.4. The maximum Gasteiger partial charge on any atom is 0.238 e. The van der Waals surface area contributed by atoms with Crippen LogP contribution in [0.25, 0.3) is 129 Å². The van der Waals surface area contributed by atoms with Gasteiger partial charge >= 0.3 is 0 Å². The Morgan fingerprint density at radius 3 is 1.07 bits per heavy atom. The molecule has 0 saturated heterocycles. The Bertz CT molecular complexity index is 4180. The molecule has 0 spiro atoms. The van der Waals surface area contributed by atoms with E-state index in [1.165, 1.54) is 0 Å². The van der Waals surface area contributed by atoms with Crippen molar-refractivity contribution >= 4 is 65.4 Å². The highest BCUT2D eigenvalue weighted by Crippen LogP contribution is 2.41. The molecule has 0 bridgehead atoms. The van der Waals surface area contributed by atoms with Crippen molar-refractivity contribution < 1.29 is 0 Å². The fourth-order valence-corrected chi connectivity index (χ4v) is 10.0. The Kier molecular flexibility index (Phi) is 8.68. The van der Waals surface area contributed by atoms with E-state index in [0.717, 1.165) is 93.4 Å². The molecule has 0 saturated carbocycles. The predicted molar refractivity (Wildman–Crippen MR) is 278 cm³/mol. The largest absolute Gasteiger partial charge is 0.309 e. The fourth-order valence-electron chi connectivity index (χ4n) is 10.0. The standard InChI is InChI=1S/C60H37N9/c1-5-19-38(20-6-1)55-61-56(39-21-7-2-8-22-39)65-60(64-55)69-52-34-33-41(35-46(52)48-36-47-45-29-15-16-30-49(45)67(53(47)37-54(48)69)42-25-11-4-12-26-42)58-62-57(40-23-9-3-10-24-40)63-59(66-58)68-50-31-17-13-27-43(50)44-28-14-18-32-51(44)68/h1-37H. The van der Waals surface area contributed by atoms with Crippen molar-refractivity contribution in [1.82, 2.24) is 43.6 Å². The summed E-state index contributed by atoms with van der Waals surface area (Å²) >= 11 is 0. The number of rotatable bonds is 7. The third kappa shape index (κ3) is 6.25. The van der Waals surface area contributed by atoms with Crippen LogP contribution in [0.15, 0.2) is 224 Å². The first-order valence-corrected chi connectivity index (χ1v) is 23.0. The van der Waals surface area contributed by atoms with Crippen LogP contribution < -0.4 is 0 Å². The molecule has 0 fully saturated rings. The third-order valence-corrected chi connectivity index (χ3v) is 13.2. The van der Waals surface area contributed by atoms with Gasteiger partial charge in [0.1, 0.15) is 0 Å². The van der Waals surface area contributed by atoms with Gasteiger partial charge < -0.3 is 4.57 Å². The Labute approximate surface area is 394 Å². The minimum absolute atomic E-state index is 0.511. The number of hydrogen-bond acceptors (Lipinski definition) is 6. The summed E-state index contributed by atoms with van der Waals surface area (Å²) in [5, 5.41) is 6.61. The molecule has 0 radical (unpaired) electrons. The van der Waals surface area contributed by atoms with Gasteiger partial charge in [0.2, 0.25) is 11.9 Å². The topological polar surface area (TPSA) is 92.1 Å². The summed E-state index contributed by atoms with van der Waals surface area (Å²) < 4.78 is 6.69.